The van der Waals surface area contributed by atoms with Crippen molar-refractivity contribution < 1.29 is 5.11 Å². The Morgan fingerprint density at radius 2 is 1.95 bits per heavy atom. The van der Waals surface area contributed by atoms with Crippen molar-refractivity contribution in [1.82, 2.24) is 5.32 Å². The highest BCUT2D eigenvalue weighted by molar-refractivity contribution is 7.99. The van der Waals surface area contributed by atoms with Crippen molar-refractivity contribution in [2.24, 2.45) is 0 Å². The largest absolute Gasteiger partial charge is 0.508 e. The van der Waals surface area contributed by atoms with Crippen molar-refractivity contribution in [2.45, 2.75) is 62.8 Å². The van der Waals surface area contributed by atoms with Gasteiger partial charge in [0.1, 0.15) is 5.75 Å². The van der Waals surface area contributed by atoms with Gasteiger partial charge in [-0.1, -0.05) is 25.0 Å². The maximum absolute atomic E-state index is 9.29. The Morgan fingerprint density at radius 1 is 1.25 bits per heavy atom. The monoisotopic (exact) mass is 293 g/mol. The predicted molar refractivity (Wildman–Crippen MR) is 88.6 cm³/mol. The van der Waals surface area contributed by atoms with Gasteiger partial charge in [0.25, 0.3) is 0 Å². The number of nitrogens with one attached hydrogen (secondary N) is 1. The SMILES string of the molecule is CSC1CCCCC1NC(C)CCc1ccc(O)cc1. The van der Waals surface area contributed by atoms with Gasteiger partial charge in [0.2, 0.25) is 0 Å². The molecule has 0 radical (unpaired) electrons. The van der Waals surface area contributed by atoms with Crippen molar-refractivity contribution in [3.05, 3.63) is 29.8 Å². The van der Waals surface area contributed by atoms with E-state index in [2.05, 4.69) is 18.5 Å². The second-order valence-electron chi connectivity index (χ2n) is 5.94. The van der Waals surface area contributed by atoms with Gasteiger partial charge >= 0.3 is 0 Å². The van der Waals surface area contributed by atoms with Gasteiger partial charge in [-0.05, 0) is 56.6 Å². The number of hydrogen-bond donors (Lipinski definition) is 2. The number of thioether (sulfide) groups is 1. The molecule has 0 saturated heterocycles. The van der Waals surface area contributed by atoms with Crippen molar-refractivity contribution in [1.29, 1.82) is 0 Å². The number of phenols is 1. The van der Waals surface area contributed by atoms with E-state index in [0.717, 1.165) is 18.1 Å². The van der Waals surface area contributed by atoms with Crippen LogP contribution >= 0.6 is 11.8 Å². The van der Waals surface area contributed by atoms with Crippen LogP contribution in [0.3, 0.4) is 0 Å². The van der Waals surface area contributed by atoms with Crippen molar-refractivity contribution in [3.63, 3.8) is 0 Å². The van der Waals surface area contributed by atoms with E-state index >= 15 is 0 Å². The van der Waals surface area contributed by atoms with Crippen LogP contribution < -0.4 is 5.32 Å². The first kappa shape index (κ1) is 15.7. The van der Waals surface area contributed by atoms with Crippen LogP contribution in [-0.4, -0.2) is 28.7 Å². The van der Waals surface area contributed by atoms with Crippen LogP contribution in [0, 0.1) is 0 Å². The van der Waals surface area contributed by atoms with Crippen LogP contribution in [0.4, 0.5) is 0 Å². The Kier molecular flexibility index (Phi) is 6.24. The van der Waals surface area contributed by atoms with Crippen LogP contribution in [0.5, 0.6) is 5.75 Å². The van der Waals surface area contributed by atoms with E-state index in [1.807, 2.05) is 23.9 Å². The summed E-state index contributed by atoms with van der Waals surface area (Å²) in [7, 11) is 0. The van der Waals surface area contributed by atoms with Gasteiger partial charge in [0.15, 0.2) is 0 Å². The fourth-order valence-electron chi connectivity index (χ4n) is 3.06. The molecular weight excluding hydrogens is 266 g/mol. The van der Waals surface area contributed by atoms with Gasteiger partial charge in [-0.15, -0.1) is 0 Å². The molecule has 1 aliphatic carbocycles. The minimum atomic E-state index is 0.352. The van der Waals surface area contributed by atoms with Crippen molar-refractivity contribution >= 4 is 11.8 Å². The lowest BCUT2D eigenvalue weighted by Gasteiger charge is -2.33. The Balaban J connectivity index is 1.76. The molecule has 2 N–H and O–H groups in total. The molecule has 1 aromatic rings. The number of benzene rings is 1. The normalized spacial score (nSPS) is 24.5. The summed E-state index contributed by atoms with van der Waals surface area (Å²) in [5.74, 6) is 0.352. The molecule has 112 valence electrons. The van der Waals surface area contributed by atoms with E-state index in [4.69, 9.17) is 0 Å². The molecule has 0 aliphatic heterocycles. The highest BCUT2D eigenvalue weighted by Gasteiger charge is 2.24. The highest BCUT2D eigenvalue weighted by atomic mass is 32.2. The Labute approximate surface area is 127 Å². The molecular formula is C17H27NOS. The molecule has 0 bridgehead atoms. The summed E-state index contributed by atoms with van der Waals surface area (Å²) in [6.07, 6.45) is 9.93. The summed E-state index contributed by atoms with van der Waals surface area (Å²) >= 11 is 2.02. The molecule has 1 fully saturated rings. The Hall–Kier alpha value is -0.670. The number of rotatable bonds is 6. The van der Waals surface area contributed by atoms with E-state index in [1.165, 1.54) is 31.2 Å². The molecule has 0 aromatic heterocycles. The molecule has 0 amide bonds. The standard InChI is InChI=1S/C17H27NOS/c1-13(7-8-14-9-11-15(19)12-10-14)18-16-5-3-4-6-17(16)20-2/h9-13,16-19H,3-8H2,1-2H3. The van der Waals surface area contributed by atoms with Crippen LogP contribution in [0.15, 0.2) is 24.3 Å². The lowest BCUT2D eigenvalue weighted by molar-refractivity contribution is 0.345. The summed E-state index contributed by atoms with van der Waals surface area (Å²) in [4.78, 5) is 0. The second kappa shape index (κ2) is 7.94. The molecule has 3 atom stereocenters. The van der Waals surface area contributed by atoms with E-state index in [9.17, 15) is 5.11 Å². The van der Waals surface area contributed by atoms with Gasteiger partial charge in [0, 0.05) is 17.3 Å². The minimum Gasteiger partial charge on any atom is -0.508 e. The molecule has 0 heterocycles. The molecule has 3 heteroatoms. The first-order valence-electron chi connectivity index (χ1n) is 7.76. The smallest absolute Gasteiger partial charge is 0.115 e. The van der Waals surface area contributed by atoms with Gasteiger partial charge in [0.05, 0.1) is 0 Å². The van der Waals surface area contributed by atoms with Crippen LogP contribution in [0.25, 0.3) is 0 Å². The van der Waals surface area contributed by atoms with E-state index in [1.54, 1.807) is 12.1 Å². The van der Waals surface area contributed by atoms with Crippen LogP contribution in [0.2, 0.25) is 0 Å². The summed E-state index contributed by atoms with van der Waals surface area (Å²) in [6, 6.07) is 8.84. The molecule has 1 aliphatic rings. The average Bonchev–Trinajstić information content (AvgIpc) is 2.47. The zero-order valence-corrected chi connectivity index (χ0v) is 13.5. The second-order valence-corrected chi connectivity index (χ2v) is 7.01. The molecule has 1 aromatic carbocycles. The lowest BCUT2D eigenvalue weighted by atomic mass is 9.93. The van der Waals surface area contributed by atoms with E-state index in [0.29, 0.717) is 17.8 Å². The maximum Gasteiger partial charge on any atom is 0.115 e. The quantitative estimate of drug-likeness (QED) is 0.832. The molecule has 0 spiro atoms. The number of aryl methyl sites for hydroxylation is 1. The summed E-state index contributed by atoms with van der Waals surface area (Å²) < 4.78 is 0. The van der Waals surface area contributed by atoms with Crippen LogP contribution in [0.1, 0.15) is 44.6 Å². The number of hydrogen-bond acceptors (Lipinski definition) is 3. The highest BCUT2D eigenvalue weighted by Crippen LogP contribution is 2.27. The van der Waals surface area contributed by atoms with Gasteiger partial charge in [-0.3, -0.25) is 0 Å². The first-order chi connectivity index (χ1) is 9.69. The lowest BCUT2D eigenvalue weighted by Crippen LogP contribution is -2.44. The molecule has 2 nitrogen and oxygen atoms in total. The number of aromatic hydroxyl groups is 1. The third kappa shape index (κ3) is 4.71. The Morgan fingerprint density at radius 3 is 2.65 bits per heavy atom. The molecule has 2 rings (SSSR count). The summed E-state index contributed by atoms with van der Waals surface area (Å²) in [5.41, 5.74) is 1.31. The maximum atomic E-state index is 9.29. The topological polar surface area (TPSA) is 32.3 Å². The minimum absolute atomic E-state index is 0.352. The third-order valence-electron chi connectivity index (χ3n) is 4.31. The average molecular weight is 293 g/mol. The fraction of sp³-hybridized carbons (Fsp3) is 0.647. The Bertz CT molecular complexity index is 392. The van der Waals surface area contributed by atoms with Gasteiger partial charge in [-0.2, -0.15) is 11.8 Å². The number of phenolic OH excluding ortho intramolecular Hbond substituents is 1. The van der Waals surface area contributed by atoms with Crippen LogP contribution in [-0.2, 0) is 6.42 Å². The zero-order chi connectivity index (χ0) is 14.4. The fourth-order valence-corrected chi connectivity index (χ4v) is 4.01. The van der Waals surface area contributed by atoms with E-state index < -0.39 is 0 Å². The zero-order valence-electron chi connectivity index (χ0n) is 12.6. The molecule has 1 saturated carbocycles. The van der Waals surface area contributed by atoms with E-state index in [-0.39, 0.29) is 0 Å². The third-order valence-corrected chi connectivity index (χ3v) is 5.48. The predicted octanol–water partition coefficient (Wildman–Crippen LogP) is 3.98. The molecule has 3 unspecified atom stereocenters. The van der Waals surface area contributed by atoms with Gasteiger partial charge < -0.3 is 10.4 Å². The van der Waals surface area contributed by atoms with Crippen molar-refractivity contribution in [3.8, 4) is 5.75 Å². The van der Waals surface area contributed by atoms with Crippen molar-refractivity contribution in [2.75, 3.05) is 6.26 Å². The van der Waals surface area contributed by atoms with Gasteiger partial charge in [-0.25, -0.2) is 0 Å². The first-order valence-corrected chi connectivity index (χ1v) is 9.04. The summed E-state index contributed by atoms with van der Waals surface area (Å²) in [5, 5.41) is 13.9. The summed E-state index contributed by atoms with van der Waals surface area (Å²) in [6.45, 7) is 2.30. The molecule has 20 heavy (non-hydrogen) atoms.